The summed E-state index contributed by atoms with van der Waals surface area (Å²) < 4.78 is 27.0. The lowest BCUT2D eigenvalue weighted by molar-refractivity contribution is -0.0296. The third kappa shape index (κ3) is 2.12. The molecule has 0 atom stereocenters. The van der Waals surface area contributed by atoms with Gasteiger partial charge in [0, 0.05) is 6.42 Å². The summed E-state index contributed by atoms with van der Waals surface area (Å²) in [6.07, 6.45) is -0.0312. The van der Waals surface area contributed by atoms with Crippen LogP contribution in [0, 0.1) is 0 Å². The Morgan fingerprint density at radius 3 is 2.06 bits per heavy atom. The molecule has 0 aromatic heterocycles. The van der Waals surface area contributed by atoms with Crippen molar-refractivity contribution in [1.29, 1.82) is 0 Å². The molecule has 0 saturated carbocycles. The van der Waals surface area contributed by atoms with E-state index in [0.717, 1.165) is 0 Å². The first-order chi connectivity index (χ1) is 8.46. The average molecular weight is 253 g/mol. The molecule has 1 aromatic rings. The first-order valence-electron chi connectivity index (χ1n) is 5.79. The van der Waals surface area contributed by atoms with Crippen molar-refractivity contribution in [2.45, 2.75) is 25.7 Å². The van der Waals surface area contributed by atoms with Crippen LogP contribution in [-0.2, 0) is 0 Å². The molecule has 0 N–H and O–H groups in total. The van der Waals surface area contributed by atoms with Crippen molar-refractivity contribution < 1.29 is 18.4 Å². The lowest BCUT2D eigenvalue weighted by Gasteiger charge is -2.21. The maximum Gasteiger partial charge on any atom is 0.265 e. The molecule has 1 heterocycles. The number of amides is 2. The summed E-state index contributed by atoms with van der Waals surface area (Å²) >= 11 is 0. The van der Waals surface area contributed by atoms with E-state index in [-0.39, 0.29) is 17.5 Å². The van der Waals surface area contributed by atoms with E-state index in [0.29, 0.717) is 11.3 Å². The molecule has 0 spiro atoms. The third-order valence-corrected chi connectivity index (χ3v) is 2.88. The summed E-state index contributed by atoms with van der Waals surface area (Å²) in [5.74, 6) is -4.29. The Bertz CT molecular complexity index is 465. The Morgan fingerprint density at radius 2 is 1.61 bits per heavy atom. The highest BCUT2D eigenvalue weighted by Crippen LogP contribution is 2.28. The normalized spacial score (nSPS) is 15.2. The predicted molar refractivity (Wildman–Crippen MR) is 61.7 cm³/mol. The maximum absolute atomic E-state index is 13.5. The quantitative estimate of drug-likeness (QED) is 0.774. The zero-order valence-corrected chi connectivity index (χ0v) is 9.95. The van der Waals surface area contributed by atoms with Crippen LogP contribution in [0.3, 0.4) is 0 Å². The summed E-state index contributed by atoms with van der Waals surface area (Å²) in [5, 5.41) is 0. The zero-order chi connectivity index (χ0) is 13.3. The number of benzene rings is 1. The van der Waals surface area contributed by atoms with E-state index in [1.54, 1.807) is 19.1 Å². The highest BCUT2D eigenvalue weighted by atomic mass is 19.3. The maximum atomic E-state index is 13.5. The largest absolute Gasteiger partial charge is 0.269 e. The number of halogens is 2. The summed E-state index contributed by atoms with van der Waals surface area (Å²) in [6.45, 7) is 0.795. The third-order valence-electron chi connectivity index (χ3n) is 2.88. The monoisotopic (exact) mass is 253 g/mol. The number of imide groups is 1. The van der Waals surface area contributed by atoms with Gasteiger partial charge >= 0.3 is 0 Å². The zero-order valence-electron chi connectivity index (χ0n) is 9.95. The van der Waals surface area contributed by atoms with Gasteiger partial charge < -0.3 is 0 Å². The minimum atomic E-state index is -3.03. The van der Waals surface area contributed by atoms with Crippen molar-refractivity contribution in [3.05, 3.63) is 35.4 Å². The SMILES string of the molecule is CCCC(F)(F)CN1C(=O)c2ccccc2C1=O. The molecule has 1 aliphatic rings. The van der Waals surface area contributed by atoms with Crippen molar-refractivity contribution in [3.8, 4) is 0 Å². The van der Waals surface area contributed by atoms with Crippen LogP contribution in [0.5, 0.6) is 0 Å². The van der Waals surface area contributed by atoms with E-state index < -0.39 is 24.3 Å². The van der Waals surface area contributed by atoms with Crippen LogP contribution in [-0.4, -0.2) is 29.2 Å². The molecule has 0 radical (unpaired) electrons. The molecular formula is C13H13F2NO2. The van der Waals surface area contributed by atoms with E-state index in [9.17, 15) is 18.4 Å². The van der Waals surface area contributed by atoms with Gasteiger partial charge in [0.05, 0.1) is 17.7 Å². The van der Waals surface area contributed by atoms with Crippen LogP contribution in [0.2, 0.25) is 0 Å². The second kappa shape index (κ2) is 4.48. The van der Waals surface area contributed by atoms with Crippen LogP contribution >= 0.6 is 0 Å². The molecule has 0 bridgehead atoms. The Balaban J connectivity index is 2.24. The summed E-state index contributed by atoms with van der Waals surface area (Å²) in [6, 6.07) is 6.18. The number of alkyl halides is 2. The Labute approximate surface area is 103 Å². The molecular weight excluding hydrogens is 240 g/mol. The molecule has 96 valence electrons. The minimum Gasteiger partial charge on any atom is -0.269 e. The smallest absolute Gasteiger partial charge is 0.265 e. The number of hydrogen-bond donors (Lipinski definition) is 0. The second-order valence-corrected chi connectivity index (χ2v) is 4.35. The molecule has 0 unspecified atom stereocenters. The van der Waals surface area contributed by atoms with Crippen LogP contribution in [0.15, 0.2) is 24.3 Å². The molecule has 2 amide bonds. The minimum absolute atomic E-state index is 0.204. The van der Waals surface area contributed by atoms with Crippen molar-refractivity contribution in [3.63, 3.8) is 0 Å². The predicted octanol–water partition coefficient (Wildman–Crippen LogP) is 2.72. The number of hydrogen-bond acceptors (Lipinski definition) is 2. The summed E-state index contributed by atoms with van der Waals surface area (Å²) in [5.41, 5.74) is 0.407. The van der Waals surface area contributed by atoms with Gasteiger partial charge in [0.15, 0.2) is 0 Å². The Kier molecular flexibility index (Phi) is 3.15. The fourth-order valence-electron chi connectivity index (χ4n) is 2.06. The molecule has 1 aliphatic heterocycles. The number of carbonyl (C=O) groups is 2. The standard InChI is InChI=1S/C13H13F2NO2/c1-2-7-13(14,15)8-16-11(17)9-5-3-4-6-10(9)12(16)18/h3-6H,2,7-8H2,1H3. The van der Waals surface area contributed by atoms with E-state index in [1.807, 2.05) is 0 Å². The van der Waals surface area contributed by atoms with Crippen molar-refractivity contribution in [2.24, 2.45) is 0 Å². The lowest BCUT2D eigenvalue weighted by Crippen LogP contribution is -2.40. The summed E-state index contributed by atoms with van der Waals surface area (Å²) in [4.78, 5) is 24.4. The average Bonchev–Trinajstić information content (AvgIpc) is 2.55. The molecule has 0 saturated heterocycles. The first kappa shape index (κ1) is 12.7. The number of carbonyl (C=O) groups excluding carboxylic acids is 2. The van der Waals surface area contributed by atoms with Crippen LogP contribution in [0.1, 0.15) is 40.5 Å². The van der Waals surface area contributed by atoms with Gasteiger partial charge in [-0.25, -0.2) is 8.78 Å². The van der Waals surface area contributed by atoms with Crippen LogP contribution in [0.25, 0.3) is 0 Å². The van der Waals surface area contributed by atoms with Gasteiger partial charge in [0.1, 0.15) is 0 Å². The van der Waals surface area contributed by atoms with Crippen molar-refractivity contribution >= 4 is 11.8 Å². The van der Waals surface area contributed by atoms with Gasteiger partial charge in [0.25, 0.3) is 17.7 Å². The van der Waals surface area contributed by atoms with Gasteiger partial charge in [-0.15, -0.1) is 0 Å². The fraction of sp³-hybridized carbons (Fsp3) is 0.385. The topological polar surface area (TPSA) is 37.4 Å². The lowest BCUT2D eigenvalue weighted by atomic mass is 10.1. The molecule has 0 aliphatic carbocycles. The summed E-state index contributed by atoms with van der Waals surface area (Å²) in [7, 11) is 0. The van der Waals surface area contributed by atoms with E-state index in [2.05, 4.69) is 0 Å². The van der Waals surface area contributed by atoms with Gasteiger partial charge in [-0.05, 0) is 12.1 Å². The molecule has 1 aromatic carbocycles. The van der Waals surface area contributed by atoms with Gasteiger partial charge in [-0.3, -0.25) is 14.5 Å². The molecule has 5 heteroatoms. The van der Waals surface area contributed by atoms with Gasteiger partial charge in [-0.1, -0.05) is 25.5 Å². The second-order valence-electron chi connectivity index (χ2n) is 4.35. The molecule has 3 nitrogen and oxygen atoms in total. The van der Waals surface area contributed by atoms with E-state index in [1.165, 1.54) is 12.1 Å². The van der Waals surface area contributed by atoms with Crippen LogP contribution < -0.4 is 0 Å². The number of nitrogens with zero attached hydrogens (tertiary/aromatic N) is 1. The molecule has 2 rings (SSSR count). The van der Waals surface area contributed by atoms with Crippen molar-refractivity contribution in [1.82, 2.24) is 4.90 Å². The Morgan fingerprint density at radius 1 is 1.11 bits per heavy atom. The van der Waals surface area contributed by atoms with E-state index in [4.69, 9.17) is 0 Å². The highest BCUT2D eigenvalue weighted by Gasteiger charge is 2.41. The number of rotatable bonds is 4. The Hall–Kier alpha value is -1.78. The van der Waals surface area contributed by atoms with Gasteiger partial charge in [0.2, 0.25) is 0 Å². The molecule has 0 fully saturated rings. The molecule has 18 heavy (non-hydrogen) atoms. The van der Waals surface area contributed by atoms with Crippen molar-refractivity contribution in [2.75, 3.05) is 6.54 Å². The van der Waals surface area contributed by atoms with Crippen LogP contribution in [0.4, 0.5) is 8.78 Å². The van der Waals surface area contributed by atoms with E-state index >= 15 is 0 Å². The fourth-order valence-corrected chi connectivity index (χ4v) is 2.06. The first-order valence-corrected chi connectivity index (χ1v) is 5.79. The highest BCUT2D eigenvalue weighted by molar-refractivity contribution is 6.21. The number of fused-ring (bicyclic) bond motifs is 1. The van der Waals surface area contributed by atoms with Gasteiger partial charge in [-0.2, -0.15) is 0 Å².